The van der Waals surface area contributed by atoms with Crippen molar-refractivity contribution in [3.05, 3.63) is 28.9 Å². The van der Waals surface area contributed by atoms with Crippen molar-refractivity contribution in [3.63, 3.8) is 0 Å². The first kappa shape index (κ1) is 11.8. The zero-order chi connectivity index (χ0) is 12.5. The Morgan fingerprint density at radius 1 is 1.33 bits per heavy atom. The third-order valence-corrected chi connectivity index (χ3v) is 3.90. The molecule has 0 aliphatic heterocycles. The van der Waals surface area contributed by atoms with Gasteiger partial charge in [-0.1, -0.05) is 6.42 Å². The molecule has 2 aromatic rings. The minimum atomic E-state index is -0.380. The lowest BCUT2D eigenvalue weighted by Gasteiger charge is -2.25. The fourth-order valence-electron chi connectivity index (χ4n) is 1.99. The van der Waals surface area contributed by atoms with Crippen LogP contribution in [0.1, 0.15) is 19.3 Å². The largest absolute Gasteiger partial charge is 0.492 e. The van der Waals surface area contributed by atoms with E-state index in [-0.39, 0.29) is 5.82 Å². The third-order valence-electron chi connectivity index (χ3n) is 3.32. The number of fused-ring (bicyclic) bond motifs is 1. The van der Waals surface area contributed by atoms with E-state index in [2.05, 4.69) is 25.9 Å². The molecule has 0 radical (unpaired) electrons. The summed E-state index contributed by atoms with van der Waals surface area (Å²) in [7, 11) is 0. The van der Waals surface area contributed by atoms with Gasteiger partial charge in [0.05, 0.1) is 19.0 Å². The van der Waals surface area contributed by atoms with Gasteiger partial charge in [0.1, 0.15) is 15.9 Å². The molecule has 0 aromatic carbocycles. The Hall–Kier alpha value is -1.23. The van der Waals surface area contributed by atoms with E-state index in [4.69, 9.17) is 4.74 Å². The molecule has 1 aliphatic rings. The van der Waals surface area contributed by atoms with E-state index in [1.54, 1.807) is 12.3 Å². The van der Waals surface area contributed by atoms with Gasteiger partial charge in [-0.3, -0.25) is 0 Å². The minimum absolute atomic E-state index is 0.380. The maximum atomic E-state index is 13.6. The average Bonchev–Trinajstić information content (AvgIpc) is 2.32. The highest BCUT2D eigenvalue weighted by molar-refractivity contribution is 9.10. The van der Waals surface area contributed by atoms with Crippen molar-refractivity contribution in [2.75, 3.05) is 6.61 Å². The van der Waals surface area contributed by atoms with Crippen LogP contribution in [0.4, 0.5) is 4.39 Å². The summed E-state index contributed by atoms with van der Waals surface area (Å²) in [6.45, 7) is 0.695. The van der Waals surface area contributed by atoms with Crippen LogP contribution in [0.2, 0.25) is 0 Å². The summed E-state index contributed by atoms with van der Waals surface area (Å²) < 4.78 is 19.8. The maximum Gasteiger partial charge on any atom is 0.151 e. The van der Waals surface area contributed by atoms with Gasteiger partial charge in [0.15, 0.2) is 5.82 Å². The zero-order valence-corrected chi connectivity index (χ0v) is 11.3. The van der Waals surface area contributed by atoms with Crippen LogP contribution >= 0.6 is 15.9 Å². The SMILES string of the molecule is Fc1cnc(Br)c2ncc(OCC3CCC3)cc12. The number of hydrogen-bond donors (Lipinski definition) is 0. The molecule has 0 atom stereocenters. The molecule has 1 fully saturated rings. The predicted octanol–water partition coefficient (Wildman–Crippen LogP) is 3.71. The number of ether oxygens (including phenoxy) is 1. The molecule has 3 nitrogen and oxygen atoms in total. The normalized spacial score (nSPS) is 15.7. The van der Waals surface area contributed by atoms with Crippen LogP contribution < -0.4 is 4.74 Å². The standard InChI is InChI=1S/C13H12BrFN2O/c14-13-12-10(11(15)6-17-13)4-9(5-16-12)18-7-8-2-1-3-8/h4-6,8H,1-3,7H2. The summed E-state index contributed by atoms with van der Waals surface area (Å²) in [5, 5.41) is 0.433. The van der Waals surface area contributed by atoms with Crippen LogP contribution in [0.25, 0.3) is 10.9 Å². The molecule has 1 saturated carbocycles. The lowest BCUT2D eigenvalue weighted by atomic mass is 9.86. The van der Waals surface area contributed by atoms with Gasteiger partial charge in [-0.05, 0) is 40.8 Å². The van der Waals surface area contributed by atoms with Gasteiger partial charge in [-0.15, -0.1) is 0 Å². The van der Waals surface area contributed by atoms with Crippen LogP contribution in [0.3, 0.4) is 0 Å². The highest BCUT2D eigenvalue weighted by Gasteiger charge is 2.18. The fourth-order valence-corrected chi connectivity index (χ4v) is 2.41. The topological polar surface area (TPSA) is 35.0 Å². The first-order valence-electron chi connectivity index (χ1n) is 5.96. The molecule has 0 spiro atoms. The lowest BCUT2D eigenvalue weighted by molar-refractivity contribution is 0.180. The van der Waals surface area contributed by atoms with Gasteiger partial charge in [0.25, 0.3) is 0 Å². The minimum Gasteiger partial charge on any atom is -0.492 e. The van der Waals surface area contributed by atoms with Crippen molar-refractivity contribution in [2.45, 2.75) is 19.3 Å². The van der Waals surface area contributed by atoms with E-state index in [1.807, 2.05) is 0 Å². The summed E-state index contributed by atoms with van der Waals surface area (Å²) in [6, 6.07) is 1.68. The zero-order valence-electron chi connectivity index (χ0n) is 9.70. The number of aromatic nitrogens is 2. The van der Waals surface area contributed by atoms with Crippen LogP contribution in [0.15, 0.2) is 23.1 Å². The molecule has 2 heterocycles. The van der Waals surface area contributed by atoms with Crippen molar-refractivity contribution < 1.29 is 9.13 Å². The van der Waals surface area contributed by atoms with Crippen LogP contribution in [0.5, 0.6) is 5.75 Å². The Bertz CT molecular complexity index is 586. The Balaban J connectivity index is 1.87. The van der Waals surface area contributed by atoms with E-state index in [1.165, 1.54) is 25.5 Å². The second-order valence-corrected chi connectivity index (χ2v) is 5.32. The van der Waals surface area contributed by atoms with Gasteiger partial charge in [-0.25, -0.2) is 14.4 Å². The van der Waals surface area contributed by atoms with E-state index in [0.29, 0.717) is 33.8 Å². The molecule has 0 N–H and O–H groups in total. The number of pyridine rings is 2. The van der Waals surface area contributed by atoms with Crippen molar-refractivity contribution in [2.24, 2.45) is 5.92 Å². The molecular weight excluding hydrogens is 299 g/mol. The summed E-state index contributed by atoms with van der Waals surface area (Å²) in [4.78, 5) is 8.06. The molecule has 1 aliphatic carbocycles. The second-order valence-electron chi connectivity index (χ2n) is 4.57. The Labute approximate surface area is 113 Å². The first-order chi connectivity index (χ1) is 8.74. The molecule has 0 amide bonds. The van der Waals surface area contributed by atoms with Crippen LogP contribution in [0, 0.1) is 11.7 Å². The van der Waals surface area contributed by atoms with Crippen LogP contribution in [-0.4, -0.2) is 16.6 Å². The lowest BCUT2D eigenvalue weighted by Crippen LogP contribution is -2.19. The van der Waals surface area contributed by atoms with Gasteiger partial charge >= 0.3 is 0 Å². The molecular formula is C13H12BrFN2O. The van der Waals surface area contributed by atoms with Gasteiger partial charge in [-0.2, -0.15) is 0 Å². The number of halogens is 2. The summed E-state index contributed by atoms with van der Waals surface area (Å²) >= 11 is 3.26. The number of nitrogens with zero attached hydrogens (tertiary/aromatic N) is 2. The first-order valence-corrected chi connectivity index (χ1v) is 6.76. The van der Waals surface area contributed by atoms with Gasteiger partial charge in [0.2, 0.25) is 0 Å². The van der Waals surface area contributed by atoms with E-state index in [0.717, 1.165) is 0 Å². The monoisotopic (exact) mass is 310 g/mol. The molecule has 3 rings (SSSR count). The summed E-state index contributed by atoms with van der Waals surface area (Å²) in [5.74, 6) is 0.885. The van der Waals surface area contributed by atoms with Crippen molar-refractivity contribution >= 4 is 26.8 Å². The van der Waals surface area contributed by atoms with Crippen molar-refractivity contribution in [3.8, 4) is 5.75 Å². The van der Waals surface area contributed by atoms with E-state index in [9.17, 15) is 4.39 Å². The van der Waals surface area contributed by atoms with Crippen molar-refractivity contribution in [1.29, 1.82) is 0 Å². The quantitative estimate of drug-likeness (QED) is 0.811. The molecule has 5 heteroatoms. The molecule has 0 saturated heterocycles. The highest BCUT2D eigenvalue weighted by atomic mass is 79.9. The third kappa shape index (κ3) is 2.19. The Morgan fingerprint density at radius 3 is 2.89 bits per heavy atom. The molecule has 18 heavy (non-hydrogen) atoms. The smallest absolute Gasteiger partial charge is 0.151 e. The summed E-state index contributed by atoms with van der Waals surface area (Å²) in [6.07, 6.45) is 6.55. The molecule has 0 bridgehead atoms. The van der Waals surface area contributed by atoms with Gasteiger partial charge in [0, 0.05) is 5.39 Å². The Morgan fingerprint density at radius 2 is 2.17 bits per heavy atom. The molecule has 0 unspecified atom stereocenters. The van der Waals surface area contributed by atoms with Gasteiger partial charge < -0.3 is 4.74 Å². The Kier molecular flexibility index (Phi) is 3.16. The average molecular weight is 311 g/mol. The molecule has 94 valence electrons. The number of hydrogen-bond acceptors (Lipinski definition) is 3. The second kappa shape index (κ2) is 4.80. The maximum absolute atomic E-state index is 13.6. The number of rotatable bonds is 3. The van der Waals surface area contributed by atoms with E-state index < -0.39 is 0 Å². The highest BCUT2D eigenvalue weighted by Crippen LogP contribution is 2.29. The predicted molar refractivity (Wildman–Crippen MR) is 70.0 cm³/mol. The molecule has 2 aromatic heterocycles. The van der Waals surface area contributed by atoms with Crippen LogP contribution in [-0.2, 0) is 0 Å². The van der Waals surface area contributed by atoms with E-state index >= 15 is 0 Å². The summed E-state index contributed by atoms with van der Waals surface area (Å²) in [5.41, 5.74) is 0.519. The fraction of sp³-hybridized carbons (Fsp3) is 0.385. The van der Waals surface area contributed by atoms with Crippen molar-refractivity contribution in [1.82, 2.24) is 9.97 Å².